The number of carbonyl (C=O) groups is 2. The number of nitriles is 1. The molecule has 6 aromatic rings. The molecule has 0 radical (unpaired) electrons. The summed E-state index contributed by atoms with van der Waals surface area (Å²) in [5, 5.41) is 19.2. The topological polar surface area (TPSA) is 149 Å². The summed E-state index contributed by atoms with van der Waals surface area (Å²) in [5.74, 6) is -0.472. The molecule has 0 saturated carbocycles. The van der Waals surface area contributed by atoms with Crippen LogP contribution in [0.3, 0.4) is 0 Å². The van der Waals surface area contributed by atoms with Crippen molar-refractivity contribution in [3.63, 3.8) is 0 Å². The van der Waals surface area contributed by atoms with Gasteiger partial charge in [0.1, 0.15) is 11.9 Å². The average molecular weight is 760 g/mol. The van der Waals surface area contributed by atoms with Gasteiger partial charge in [-0.05, 0) is 71.6 Å². The summed E-state index contributed by atoms with van der Waals surface area (Å²) in [6.07, 6.45) is 4.26. The molecule has 2 aliphatic rings. The fraction of sp³-hybridized carbons (Fsp3) is 0.205. The van der Waals surface area contributed by atoms with Crippen LogP contribution in [0.1, 0.15) is 29.5 Å². The maximum absolute atomic E-state index is 15.2. The first-order valence-corrected chi connectivity index (χ1v) is 18.7. The Bertz CT molecular complexity index is 2560. The van der Waals surface area contributed by atoms with E-state index in [0.29, 0.717) is 48.0 Å². The molecular formula is C44H38FN9O3. The Morgan fingerprint density at radius 2 is 1.49 bits per heavy atom. The summed E-state index contributed by atoms with van der Waals surface area (Å²) in [7, 11) is 0. The van der Waals surface area contributed by atoms with Crippen LogP contribution in [0.25, 0.3) is 33.8 Å². The number of nitrogens with zero attached hydrogens (tertiary/aromatic N) is 7. The van der Waals surface area contributed by atoms with Gasteiger partial charge >= 0.3 is 0 Å². The van der Waals surface area contributed by atoms with Gasteiger partial charge in [0, 0.05) is 80.0 Å². The molecule has 12 nitrogen and oxygen atoms in total. The summed E-state index contributed by atoms with van der Waals surface area (Å²) in [4.78, 5) is 50.1. The van der Waals surface area contributed by atoms with Gasteiger partial charge in [0.05, 0.1) is 29.6 Å². The van der Waals surface area contributed by atoms with E-state index >= 15 is 4.39 Å². The zero-order valence-corrected chi connectivity index (χ0v) is 30.9. The Balaban J connectivity index is 0.876. The summed E-state index contributed by atoms with van der Waals surface area (Å²) in [6.45, 7) is 3.88. The van der Waals surface area contributed by atoms with Crippen LogP contribution < -0.4 is 21.1 Å². The summed E-state index contributed by atoms with van der Waals surface area (Å²) >= 11 is 0. The van der Waals surface area contributed by atoms with Crippen LogP contribution in [0.2, 0.25) is 0 Å². The second kappa shape index (κ2) is 16.4. The maximum Gasteiger partial charge on any atom is 0.267 e. The molecule has 284 valence electrons. The lowest BCUT2D eigenvalue weighted by Gasteiger charge is -2.36. The van der Waals surface area contributed by atoms with Crippen LogP contribution in [0, 0.1) is 17.1 Å². The van der Waals surface area contributed by atoms with Crippen molar-refractivity contribution in [1.82, 2.24) is 30.0 Å². The SMILES string of the molecule is N#Cc1cccc(-c2ccc(=O)n(Cc3cccc(-c4ncc(-c5cccc(CN6CCN(c7ccc(NC8CCC(=O)NC8=O)cc7F)CC6)c5)cn4)c3)n2)c1. The average Bonchev–Trinajstić information content (AvgIpc) is 3.23. The molecule has 4 aromatic carbocycles. The molecule has 2 amide bonds. The van der Waals surface area contributed by atoms with Gasteiger partial charge in [0.25, 0.3) is 5.56 Å². The first-order valence-electron chi connectivity index (χ1n) is 18.7. The number of halogens is 1. The fourth-order valence-electron chi connectivity index (χ4n) is 7.21. The van der Waals surface area contributed by atoms with E-state index in [1.54, 1.807) is 36.4 Å². The third-order valence-corrected chi connectivity index (χ3v) is 10.2. The van der Waals surface area contributed by atoms with E-state index in [1.165, 1.54) is 16.8 Å². The number of anilines is 2. The lowest BCUT2D eigenvalue weighted by atomic mass is 10.0. The standard InChI is InChI=1S/C44H38FN9O3/c45-37-23-36(49-39-11-14-41(55)50-44(39)57)10-13-40(37)53-18-16-52(17-19-53)27-30-5-2-7-32(21-30)35-25-47-43(48-26-35)34-9-3-6-31(22-34)28-54-42(56)15-12-38(51-54)33-8-1-4-29(20-33)24-46/h1-10,12-13,15,20-23,25-26,39,49H,11,14,16-19,27-28H2,(H,50,55,57). The minimum Gasteiger partial charge on any atom is -0.374 e. The molecule has 1 atom stereocenters. The number of aromatic nitrogens is 4. The molecule has 4 heterocycles. The highest BCUT2D eigenvalue weighted by atomic mass is 19.1. The number of hydrogen-bond acceptors (Lipinski definition) is 10. The van der Waals surface area contributed by atoms with Gasteiger partial charge in [-0.15, -0.1) is 0 Å². The molecule has 8 rings (SSSR count). The van der Waals surface area contributed by atoms with Crippen molar-refractivity contribution < 1.29 is 14.0 Å². The van der Waals surface area contributed by atoms with Crippen molar-refractivity contribution in [2.45, 2.75) is 32.0 Å². The minimum absolute atomic E-state index is 0.230. The minimum atomic E-state index is -0.568. The van der Waals surface area contributed by atoms with E-state index in [-0.39, 0.29) is 30.2 Å². The molecule has 2 fully saturated rings. The number of carbonyl (C=O) groups excluding carboxylic acids is 2. The van der Waals surface area contributed by atoms with Crippen LogP contribution in [0.15, 0.2) is 120 Å². The highest BCUT2D eigenvalue weighted by molar-refractivity contribution is 6.01. The molecule has 2 saturated heterocycles. The van der Waals surface area contributed by atoms with Gasteiger partial charge in [-0.1, -0.05) is 48.5 Å². The molecular weight excluding hydrogens is 722 g/mol. The molecule has 2 aliphatic heterocycles. The Kier molecular flexibility index (Phi) is 10.6. The molecule has 0 spiro atoms. The van der Waals surface area contributed by atoms with Crippen molar-refractivity contribution >= 4 is 23.2 Å². The molecule has 0 aliphatic carbocycles. The maximum atomic E-state index is 15.2. The first kappa shape index (κ1) is 36.9. The van der Waals surface area contributed by atoms with Crippen LogP contribution in [0.4, 0.5) is 15.8 Å². The van der Waals surface area contributed by atoms with Crippen molar-refractivity contribution in [2.24, 2.45) is 0 Å². The lowest BCUT2D eigenvalue weighted by Crippen LogP contribution is -2.47. The molecule has 2 aromatic heterocycles. The van der Waals surface area contributed by atoms with Gasteiger partial charge in [-0.2, -0.15) is 10.4 Å². The van der Waals surface area contributed by atoms with Crippen molar-refractivity contribution in [2.75, 3.05) is 36.4 Å². The Morgan fingerprint density at radius 1 is 0.772 bits per heavy atom. The monoisotopic (exact) mass is 759 g/mol. The second-order valence-corrected chi connectivity index (χ2v) is 14.2. The van der Waals surface area contributed by atoms with Gasteiger partial charge in [0.15, 0.2) is 5.82 Å². The molecule has 2 N–H and O–H groups in total. The third kappa shape index (κ3) is 8.61. The number of hydrogen-bond donors (Lipinski definition) is 2. The summed E-state index contributed by atoms with van der Waals surface area (Å²) in [6, 6.07) is 32.8. The van der Waals surface area contributed by atoms with E-state index in [0.717, 1.165) is 53.0 Å². The largest absolute Gasteiger partial charge is 0.374 e. The number of amides is 2. The van der Waals surface area contributed by atoms with Crippen LogP contribution in [0.5, 0.6) is 0 Å². The van der Waals surface area contributed by atoms with Crippen molar-refractivity contribution in [1.29, 1.82) is 5.26 Å². The molecule has 13 heteroatoms. The first-order chi connectivity index (χ1) is 27.8. The number of piperidine rings is 1. The van der Waals surface area contributed by atoms with Gasteiger partial charge in [0.2, 0.25) is 11.8 Å². The van der Waals surface area contributed by atoms with Gasteiger partial charge in [-0.3, -0.25) is 24.6 Å². The van der Waals surface area contributed by atoms with E-state index in [1.807, 2.05) is 59.8 Å². The normalized spacial score (nSPS) is 15.9. The number of rotatable bonds is 10. The van der Waals surface area contributed by atoms with Crippen LogP contribution in [-0.4, -0.2) is 68.7 Å². The summed E-state index contributed by atoms with van der Waals surface area (Å²) in [5.41, 5.74) is 7.42. The van der Waals surface area contributed by atoms with E-state index in [4.69, 9.17) is 0 Å². The molecule has 57 heavy (non-hydrogen) atoms. The smallest absolute Gasteiger partial charge is 0.267 e. The fourth-order valence-corrected chi connectivity index (χ4v) is 7.21. The Hall–Kier alpha value is -7.04. The second-order valence-electron chi connectivity index (χ2n) is 14.2. The molecule has 1 unspecified atom stereocenters. The zero-order chi connectivity index (χ0) is 39.3. The predicted octanol–water partition coefficient (Wildman–Crippen LogP) is 5.63. The van der Waals surface area contributed by atoms with E-state index < -0.39 is 11.9 Å². The molecule has 0 bridgehead atoms. The van der Waals surface area contributed by atoms with E-state index in [9.17, 15) is 19.6 Å². The van der Waals surface area contributed by atoms with Crippen molar-refractivity contribution in [3.8, 4) is 39.8 Å². The highest BCUT2D eigenvalue weighted by Crippen LogP contribution is 2.27. The Morgan fingerprint density at radius 3 is 2.25 bits per heavy atom. The Labute approximate surface area is 328 Å². The highest BCUT2D eigenvalue weighted by Gasteiger charge is 2.27. The third-order valence-electron chi connectivity index (χ3n) is 10.2. The van der Waals surface area contributed by atoms with Gasteiger partial charge in [-0.25, -0.2) is 19.0 Å². The van der Waals surface area contributed by atoms with Crippen molar-refractivity contribution in [3.05, 3.63) is 148 Å². The number of benzene rings is 4. The zero-order valence-electron chi connectivity index (χ0n) is 30.9. The van der Waals surface area contributed by atoms with E-state index in [2.05, 4.69) is 48.8 Å². The number of nitrogens with one attached hydrogen (secondary N) is 2. The lowest BCUT2D eigenvalue weighted by molar-refractivity contribution is -0.133. The quantitative estimate of drug-likeness (QED) is 0.168. The van der Waals surface area contributed by atoms with Crippen LogP contribution >= 0.6 is 0 Å². The number of imide groups is 1. The van der Waals surface area contributed by atoms with Gasteiger partial charge < -0.3 is 10.2 Å². The summed E-state index contributed by atoms with van der Waals surface area (Å²) < 4.78 is 16.6. The number of piperazine rings is 1. The predicted molar refractivity (Wildman–Crippen MR) is 214 cm³/mol. The van der Waals surface area contributed by atoms with Crippen LogP contribution in [-0.2, 0) is 22.7 Å².